The number of carbonyl (C=O) groups excluding carboxylic acids is 1. The average molecular weight is 283 g/mol. The van der Waals surface area contributed by atoms with E-state index >= 15 is 0 Å². The van der Waals surface area contributed by atoms with Gasteiger partial charge in [0, 0.05) is 12.4 Å². The van der Waals surface area contributed by atoms with Crippen molar-refractivity contribution in [3.8, 4) is 0 Å². The molecule has 2 aromatic rings. The molecule has 0 aliphatic carbocycles. The first-order valence-corrected chi connectivity index (χ1v) is 7.16. The molecule has 6 nitrogen and oxygen atoms in total. The van der Waals surface area contributed by atoms with Crippen LogP contribution in [-0.2, 0) is 13.0 Å². The van der Waals surface area contributed by atoms with Crippen molar-refractivity contribution in [1.29, 1.82) is 0 Å². The molecule has 8 heteroatoms. The predicted molar refractivity (Wildman–Crippen MR) is 71.9 cm³/mol. The van der Waals surface area contributed by atoms with E-state index in [1.165, 1.54) is 22.7 Å². The van der Waals surface area contributed by atoms with Crippen LogP contribution in [0.2, 0.25) is 0 Å². The molecule has 0 aromatic carbocycles. The van der Waals surface area contributed by atoms with E-state index in [0.717, 1.165) is 17.1 Å². The second-order valence-corrected chi connectivity index (χ2v) is 5.40. The van der Waals surface area contributed by atoms with Gasteiger partial charge in [0.15, 0.2) is 0 Å². The van der Waals surface area contributed by atoms with Crippen LogP contribution in [0.1, 0.15) is 17.6 Å². The molecule has 0 bridgehead atoms. The van der Waals surface area contributed by atoms with Gasteiger partial charge in [0.1, 0.15) is 5.01 Å². The lowest BCUT2D eigenvalue weighted by molar-refractivity contribution is 0.220. The zero-order valence-corrected chi connectivity index (χ0v) is 11.7. The van der Waals surface area contributed by atoms with Crippen molar-refractivity contribution in [2.75, 3.05) is 12.4 Å². The Balaban J connectivity index is 1.90. The van der Waals surface area contributed by atoms with Crippen molar-refractivity contribution in [2.45, 2.75) is 19.9 Å². The van der Waals surface area contributed by atoms with Gasteiger partial charge in [0.2, 0.25) is 5.13 Å². The fraction of sp³-hybridized carbons (Fsp3) is 0.400. The van der Waals surface area contributed by atoms with Gasteiger partial charge in [0.25, 0.3) is 0 Å². The monoisotopic (exact) mass is 283 g/mol. The van der Waals surface area contributed by atoms with Crippen molar-refractivity contribution in [2.24, 2.45) is 0 Å². The minimum Gasteiger partial charge on any atom is -0.322 e. The Morgan fingerprint density at radius 2 is 2.33 bits per heavy atom. The molecule has 2 heterocycles. The molecule has 2 aromatic heterocycles. The summed E-state index contributed by atoms with van der Waals surface area (Å²) in [5, 5.41) is 13.9. The lowest BCUT2D eigenvalue weighted by Gasteiger charge is -2.15. The van der Waals surface area contributed by atoms with E-state index in [9.17, 15) is 4.79 Å². The number of aryl methyl sites for hydroxylation is 1. The molecular weight excluding hydrogens is 270 g/mol. The largest absolute Gasteiger partial charge is 0.323 e. The van der Waals surface area contributed by atoms with E-state index in [0.29, 0.717) is 11.7 Å². The lowest BCUT2D eigenvalue weighted by Crippen LogP contribution is -2.30. The molecule has 2 amide bonds. The number of nitrogens with one attached hydrogen (secondary N) is 1. The van der Waals surface area contributed by atoms with Crippen molar-refractivity contribution in [3.05, 3.63) is 21.6 Å². The summed E-state index contributed by atoms with van der Waals surface area (Å²) in [5.41, 5.74) is 2.63. The number of hydrogen-bond acceptors (Lipinski definition) is 6. The number of nitrogens with zero attached hydrogens (tertiary/aromatic N) is 4. The zero-order chi connectivity index (χ0) is 13.0. The second kappa shape index (κ2) is 5.87. The van der Waals surface area contributed by atoms with Crippen LogP contribution in [0.4, 0.5) is 9.93 Å². The van der Waals surface area contributed by atoms with E-state index in [1.807, 2.05) is 12.3 Å². The van der Waals surface area contributed by atoms with Crippen molar-refractivity contribution >= 4 is 33.8 Å². The Morgan fingerprint density at radius 3 is 2.94 bits per heavy atom. The molecule has 2 rings (SSSR count). The van der Waals surface area contributed by atoms with Gasteiger partial charge in [-0.2, -0.15) is 0 Å². The van der Waals surface area contributed by atoms with Crippen LogP contribution >= 0.6 is 22.7 Å². The number of amides is 2. The number of rotatable bonds is 4. The second-order valence-electron chi connectivity index (χ2n) is 3.62. The molecule has 0 spiro atoms. The first-order valence-electron chi connectivity index (χ1n) is 5.40. The van der Waals surface area contributed by atoms with Gasteiger partial charge in [-0.05, 0) is 6.42 Å². The standard InChI is InChI=1S/C10H13N5OS2/c1-3-8-13-14-9(18-8)12-10(16)15(2)4-7-5-17-6-11-7/h5-6H,3-4H2,1-2H3,(H,12,14,16). The molecular formula is C10H13N5OS2. The molecule has 0 fully saturated rings. The minimum absolute atomic E-state index is 0.207. The third-order valence-electron chi connectivity index (χ3n) is 2.21. The number of anilines is 1. The number of carbonyl (C=O) groups is 1. The topological polar surface area (TPSA) is 71.0 Å². The van der Waals surface area contributed by atoms with Gasteiger partial charge in [-0.3, -0.25) is 5.32 Å². The van der Waals surface area contributed by atoms with Crippen LogP contribution < -0.4 is 5.32 Å². The summed E-state index contributed by atoms with van der Waals surface area (Å²) < 4.78 is 0. The van der Waals surface area contributed by atoms with E-state index < -0.39 is 0 Å². The maximum Gasteiger partial charge on any atom is 0.323 e. The van der Waals surface area contributed by atoms with Gasteiger partial charge in [0.05, 0.1) is 17.7 Å². The number of hydrogen-bond donors (Lipinski definition) is 1. The van der Waals surface area contributed by atoms with E-state index in [2.05, 4.69) is 20.5 Å². The Morgan fingerprint density at radius 1 is 1.50 bits per heavy atom. The number of aromatic nitrogens is 3. The van der Waals surface area contributed by atoms with Crippen molar-refractivity contribution in [3.63, 3.8) is 0 Å². The summed E-state index contributed by atoms with van der Waals surface area (Å²) in [6.45, 7) is 2.48. The lowest BCUT2D eigenvalue weighted by atomic mass is 10.4. The van der Waals surface area contributed by atoms with Crippen LogP contribution in [0.15, 0.2) is 10.9 Å². The summed E-state index contributed by atoms with van der Waals surface area (Å²) in [6, 6.07) is -0.207. The quantitative estimate of drug-likeness (QED) is 0.934. The molecule has 0 unspecified atom stereocenters. The SMILES string of the molecule is CCc1nnc(NC(=O)N(C)Cc2cscn2)s1. The van der Waals surface area contributed by atoms with Crippen molar-refractivity contribution in [1.82, 2.24) is 20.1 Å². The van der Waals surface area contributed by atoms with E-state index in [1.54, 1.807) is 17.5 Å². The van der Waals surface area contributed by atoms with Crippen LogP contribution in [0.5, 0.6) is 0 Å². The minimum atomic E-state index is -0.207. The predicted octanol–water partition coefficient (Wildman–Crippen LogP) is 2.22. The van der Waals surface area contributed by atoms with Crippen LogP contribution in [-0.4, -0.2) is 33.2 Å². The highest BCUT2D eigenvalue weighted by atomic mass is 32.1. The Bertz CT molecular complexity index is 510. The van der Waals surface area contributed by atoms with Crippen LogP contribution in [0, 0.1) is 0 Å². The summed E-state index contributed by atoms with van der Waals surface area (Å²) >= 11 is 2.91. The zero-order valence-electron chi connectivity index (χ0n) is 10.1. The van der Waals surface area contributed by atoms with Crippen LogP contribution in [0.25, 0.3) is 0 Å². The normalized spacial score (nSPS) is 10.3. The van der Waals surface area contributed by atoms with E-state index in [4.69, 9.17) is 0 Å². The summed E-state index contributed by atoms with van der Waals surface area (Å²) in [6.07, 6.45) is 0.822. The molecule has 18 heavy (non-hydrogen) atoms. The maximum atomic E-state index is 11.9. The maximum absolute atomic E-state index is 11.9. The van der Waals surface area contributed by atoms with Crippen molar-refractivity contribution < 1.29 is 4.79 Å². The number of urea groups is 1. The smallest absolute Gasteiger partial charge is 0.322 e. The fourth-order valence-corrected chi connectivity index (χ4v) is 2.48. The van der Waals surface area contributed by atoms with Gasteiger partial charge >= 0.3 is 6.03 Å². The first-order chi connectivity index (χ1) is 8.69. The van der Waals surface area contributed by atoms with E-state index in [-0.39, 0.29) is 6.03 Å². The highest BCUT2D eigenvalue weighted by Crippen LogP contribution is 2.16. The van der Waals surface area contributed by atoms with Gasteiger partial charge in [-0.25, -0.2) is 9.78 Å². The number of thiazole rings is 1. The summed E-state index contributed by atoms with van der Waals surface area (Å²) in [4.78, 5) is 17.6. The van der Waals surface area contributed by atoms with Gasteiger partial charge in [-0.15, -0.1) is 21.5 Å². The molecule has 0 aliphatic rings. The van der Waals surface area contributed by atoms with Gasteiger partial charge in [-0.1, -0.05) is 18.3 Å². The molecule has 0 radical (unpaired) electrons. The molecule has 0 atom stereocenters. The molecule has 0 saturated heterocycles. The third-order valence-corrected chi connectivity index (χ3v) is 3.83. The Labute approximate surface area is 113 Å². The van der Waals surface area contributed by atoms with Gasteiger partial charge < -0.3 is 4.90 Å². The highest BCUT2D eigenvalue weighted by molar-refractivity contribution is 7.15. The Kier molecular flexibility index (Phi) is 4.21. The highest BCUT2D eigenvalue weighted by Gasteiger charge is 2.12. The molecule has 0 saturated carbocycles. The fourth-order valence-electron chi connectivity index (χ4n) is 1.26. The molecule has 1 N–H and O–H groups in total. The Hall–Kier alpha value is -1.54. The average Bonchev–Trinajstić information content (AvgIpc) is 3.00. The van der Waals surface area contributed by atoms with Crippen LogP contribution in [0.3, 0.4) is 0 Å². The first kappa shape index (κ1) is 12.9. The summed E-state index contributed by atoms with van der Waals surface area (Å²) in [5.74, 6) is 0. The third kappa shape index (κ3) is 3.23. The molecule has 0 aliphatic heterocycles. The molecule has 96 valence electrons. The summed E-state index contributed by atoms with van der Waals surface area (Å²) in [7, 11) is 1.72.